The van der Waals surface area contributed by atoms with Gasteiger partial charge >= 0.3 is 0 Å². The van der Waals surface area contributed by atoms with E-state index in [1.54, 1.807) is 0 Å². The number of rotatable bonds is 3. The van der Waals surface area contributed by atoms with E-state index in [2.05, 4.69) is 48.0 Å². The third-order valence-corrected chi connectivity index (χ3v) is 5.60. The van der Waals surface area contributed by atoms with E-state index in [4.69, 9.17) is 4.98 Å². The molecule has 0 spiro atoms. The summed E-state index contributed by atoms with van der Waals surface area (Å²) in [6.07, 6.45) is 1.81. The molecule has 5 nitrogen and oxygen atoms in total. The average Bonchev–Trinajstić information content (AvgIpc) is 2.76. The molecule has 0 atom stereocenters. The van der Waals surface area contributed by atoms with Gasteiger partial charge in [0.25, 0.3) is 5.91 Å². The minimum atomic E-state index is 0.107. The van der Waals surface area contributed by atoms with Crippen LogP contribution < -0.4 is 4.90 Å². The molecule has 1 saturated heterocycles. The van der Waals surface area contributed by atoms with Crippen molar-refractivity contribution in [3.05, 3.63) is 77.0 Å². The molecule has 1 aromatic heterocycles. The fourth-order valence-corrected chi connectivity index (χ4v) is 3.56. The zero-order valence-electron chi connectivity index (χ0n) is 17.2. The summed E-state index contributed by atoms with van der Waals surface area (Å²) in [5.74, 6) is 1.75. The van der Waals surface area contributed by atoms with E-state index in [0.717, 1.165) is 41.4 Å². The summed E-state index contributed by atoms with van der Waals surface area (Å²) in [4.78, 5) is 26.2. The SMILES string of the molecule is Cc1ccc(-c2nccc(N3CCN(C(=O)c4ccc(C)c(C)c4)CC3)n2)cc1. The lowest BCUT2D eigenvalue weighted by molar-refractivity contribution is 0.0746. The van der Waals surface area contributed by atoms with Gasteiger partial charge in [0.1, 0.15) is 5.82 Å². The van der Waals surface area contributed by atoms with Crippen molar-refractivity contribution in [2.24, 2.45) is 0 Å². The zero-order valence-corrected chi connectivity index (χ0v) is 17.2. The van der Waals surface area contributed by atoms with E-state index in [-0.39, 0.29) is 5.91 Å². The maximum Gasteiger partial charge on any atom is 0.253 e. The van der Waals surface area contributed by atoms with Crippen LogP contribution in [0.5, 0.6) is 0 Å². The number of anilines is 1. The predicted molar refractivity (Wildman–Crippen MR) is 116 cm³/mol. The topological polar surface area (TPSA) is 49.3 Å². The maximum absolute atomic E-state index is 12.9. The third-order valence-electron chi connectivity index (χ3n) is 5.60. The maximum atomic E-state index is 12.9. The molecule has 0 N–H and O–H groups in total. The van der Waals surface area contributed by atoms with Gasteiger partial charge in [0, 0.05) is 43.5 Å². The highest BCUT2D eigenvalue weighted by Crippen LogP contribution is 2.21. The van der Waals surface area contributed by atoms with Crippen LogP contribution in [0, 0.1) is 20.8 Å². The summed E-state index contributed by atoms with van der Waals surface area (Å²) in [7, 11) is 0. The first-order valence-electron chi connectivity index (χ1n) is 10.0. The summed E-state index contributed by atoms with van der Waals surface area (Å²) >= 11 is 0. The monoisotopic (exact) mass is 386 g/mol. The smallest absolute Gasteiger partial charge is 0.253 e. The van der Waals surface area contributed by atoms with Gasteiger partial charge in [0.05, 0.1) is 0 Å². The second-order valence-electron chi connectivity index (χ2n) is 7.68. The minimum Gasteiger partial charge on any atom is -0.353 e. The van der Waals surface area contributed by atoms with E-state index >= 15 is 0 Å². The molecule has 5 heteroatoms. The molecule has 148 valence electrons. The predicted octanol–water partition coefficient (Wildman–Crippen LogP) is 4.03. The van der Waals surface area contributed by atoms with Gasteiger partial charge in [-0.1, -0.05) is 35.9 Å². The average molecular weight is 386 g/mol. The van der Waals surface area contributed by atoms with Crippen LogP contribution in [0.2, 0.25) is 0 Å². The van der Waals surface area contributed by atoms with Gasteiger partial charge < -0.3 is 9.80 Å². The number of aromatic nitrogens is 2. The number of aryl methyl sites for hydroxylation is 3. The molecule has 1 fully saturated rings. The Morgan fingerprint density at radius 1 is 0.862 bits per heavy atom. The van der Waals surface area contributed by atoms with Crippen molar-refractivity contribution < 1.29 is 4.79 Å². The number of hydrogen-bond donors (Lipinski definition) is 0. The molecule has 1 aliphatic rings. The highest BCUT2D eigenvalue weighted by Gasteiger charge is 2.23. The van der Waals surface area contributed by atoms with Crippen molar-refractivity contribution in [3.8, 4) is 11.4 Å². The molecule has 0 aliphatic carbocycles. The molecular formula is C24H26N4O. The molecule has 4 rings (SSSR count). The summed E-state index contributed by atoms with van der Waals surface area (Å²) in [6, 6.07) is 16.1. The van der Waals surface area contributed by atoms with Crippen molar-refractivity contribution in [1.29, 1.82) is 0 Å². The highest BCUT2D eigenvalue weighted by molar-refractivity contribution is 5.94. The molecule has 0 radical (unpaired) electrons. The molecule has 0 bridgehead atoms. The quantitative estimate of drug-likeness (QED) is 0.682. The molecule has 29 heavy (non-hydrogen) atoms. The van der Waals surface area contributed by atoms with Gasteiger partial charge in [-0.2, -0.15) is 0 Å². The number of carbonyl (C=O) groups is 1. The Morgan fingerprint density at radius 3 is 2.28 bits per heavy atom. The lowest BCUT2D eigenvalue weighted by atomic mass is 10.1. The first-order valence-corrected chi connectivity index (χ1v) is 10.0. The van der Waals surface area contributed by atoms with Crippen molar-refractivity contribution >= 4 is 11.7 Å². The molecule has 3 aromatic rings. The van der Waals surface area contributed by atoms with E-state index in [1.807, 2.05) is 42.3 Å². The van der Waals surface area contributed by atoms with Crippen molar-refractivity contribution in [2.45, 2.75) is 20.8 Å². The zero-order chi connectivity index (χ0) is 20.4. The van der Waals surface area contributed by atoms with Crippen LogP contribution in [0.1, 0.15) is 27.0 Å². The van der Waals surface area contributed by atoms with Crippen LogP contribution in [-0.2, 0) is 0 Å². The van der Waals surface area contributed by atoms with Crippen LogP contribution >= 0.6 is 0 Å². The Morgan fingerprint density at radius 2 is 1.59 bits per heavy atom. The number of benzene rings is 2. The van der Waals surface area contributed by atoms with E-state index in [9.17, 15) is 4.79 Å². The van der Waals surface area contributed by atoms with Crippen LogP contribution in [0.25, 0.3) is 11.4 Å². The number of piperazine rings is 1. The number of hydrogen-bond acceptors (Lipinski definition) is 4. The van der Waals surface area contributed by atoms with E-state index in [1.165, 1.54) is 11.1 Å². The molecule has 2 aromatic carbocycles. The first kappa shape index (κ1) is 19.1. The van der Waals surface area contributed by atoms with Crippen molar-refractivity contribution in [1.82, 2.24) is 14.9 Å². The Balaban J connectivity index is 1.44. The molecule has 1 amide bonds. The lowest BCUT2D eigenvalue weighted by Gasteiger charge is -2.35. The second-order valence-corrected chi connectivity index (χ2v) is 7.68. The second kappa shape index (κ2) is 8.03. The van der Waals surface area contributed by atoms with Gasteiger partial charge in [0.2, 0.25) is 0 Å². The summed E-state index contributed by atoms with van der Waals surface area (Å²) in [5.41, 5.74) is 5.36. The third kappa shape index (κ3) is 4.14. The van der Waals surface area contributed by atoms with Crippen LogP contribution in [0.4, 0.5) is 5.82 Å². The van der Waals surface area contributed by atoms with Gasteiger partial charge in [-0.25, -0.2) is 9.97 Å². The molecule has 0 unspecified atom stereocenters. The van der Waals surface area contributed by atoms with Crippen LogP contribution in [0.15, 0.2) is 54.7 Å². The minimum absolute atomic E-state index is 0.107. The lowest BCUT2D eigenvalue weighted by Crippen LogP contribution is -2.49. The Kier molecular flexibility index (Phi) is 5.30. The summed E-state index contributed by atoms with van der Waals surface area (Å²) in [6.45, 7) is 9.09. The highest BCUT2D eigenvalue weighted by atomic mass is 16.2. The van der Waals surface area contributed by atoms with Crippen LogP contribution in [-0.4, -0.2) is 47.0 Å². The van der Waals surface area contributed by atoms with Crippen LogP contribution in [0.3, 0.4) is 0 Å². The summed E-state index contributed by atoms with van der Waals surface area (Å²) < 4.78 is 0. The number of carbonyl (C=O) groups excluding carboxylic acids is 1. The van der Waals surface area contributed by atoms with E-state index in [0.29, 0.717) is 13.1 Å². The molecule has 0 saturated carbocycles. The molecule has 2 heterocycles. The van der Waals surface area contributed by atoms with Gasteiger partial charge in [-0.15, -0.1) is 0 Å². The Bertz CT molecular complexity index is 1020. The van der Waals surface area contributed by atoms with Crippen molar-refractivity contribution in [3.63, 3.8) is 0 Å². The molecular weight excluding hydrogens is 360 g/mol. The summed E-state index contributed by atoms with van der Waals surface area (Å²) in [5, 5.41) is 0. The molecule has 1 aliphatic heterocycles. The van der Waals surface area contributed by atoms with Crippen molar-refractivity contribution in [2.75, 3.05) is 31.1 Å². The number of amides is 1. The largest absolute Gasteiger partial charge is 0.353 e. The number of nitrogens with zero attached hydrogens (tertiary/aromatic N) is 4. The fourth-order valence-electron chi connectivity index (χ4n) is 3.56. The van der Waals surface area contributed by atoms with Gasteiger partial charge in [-0.3, -0.25) is 4.79 Å². The Labute approximate surface area is 172 Å². The normalized spacial score (nSPS) is 14.2. The van der Waals surface area contributed by atoms with Gasteiger partial charge in [0.15, 0.2) is 5.82 Å². The van der Waals surface area contributed by atoms with E-state index < -0.39 is 0 Å². The standard InChI is InChI=1S/C24H26N4O/c1-17-4-7-20(8-5-17)23-25-11-10-22(26-23)27-12-14-28(15-13-27)24(29)21-9-6-18(2)19(3)16-21/h4-11,16H,12-15H2,1-3H3. The van der Waals surface area contributed by atoms with Gasteiger partial charge in [-0.05, 0) is 50.1 Å². The fraction of sp³-hybridized carbons (Fsp3) is 0.292. The Hall–Kier alpha value is -3.21. The first-order chi connectivity index (χ1) is 14.0.